The molecule has 0 aromatic heterocycles. The van der Waals surface area contributed by atoms with Crippen LogP contribution in [0.1, 0.15) is 0 Å². The molecule has 0 unspecified atom stereocenters. The SMILES string of the molecule is CNC[C@@H](NC)[C@@H](O)CO. The Morgan fingerprint density at radius 3 is 2.30 bits per heavy atom. The molecule has 4 heteroatoms. The van der Waals surface area contributed by atoms with Gasteiger partial charge in [-0.3, -0.25) is 0 Å². The van der Waals surface area contributed by atoms with Gasteiger partial charge in [-0.2, -0.15) is 0 Å². The van der Waals surface area contributed by atoms with Crippen LogP contribution in [-0.4, -0.2) is 49.6 Å². The first-order chi connectivity index (χ1) is 4.76. The Bertz CT molecular complexity index is 80.1. The molecule has 0 aromatic carbocycles. The van der Waals surface area contributed by atoms with E-state index in [1.807, 2.05) is 0 Å². The van der Waals surface area contributed by atoms with Crippen LogP contribution in [0.3, 0.4) is 0 Å². The fraction of sp³-hybridized carbons (Fsp3) is 1.00. The van der Waals surface area contributed by atoms with E-state index in [2.05, 4.69) is 10.6 Å². The molecule has 0 spiro atoms. The summed E-state index contributed by atoms with van der Waals surface area (Å²) in [6.45, 7) is 0.450. The lowest BCUT2D eigenvalue weighted by molar-refractivity contribution is 0.0655. The quantitative estimate of drug-likeness (QED) is 0.369. The highest BCUT2D eigenvalue weighted by Gasteiger charge is 2.14. The van der Waals surface area contributed by atoms with Crippen LogP contribution in [-0.2, 0) is 0 Å². The van der Waals surface area contributed by atoms with Crippen molar-refractivity contribution in [2.24, 2.45) is 0 Å². The van der Waals surface area contributed by atoms with Crippen molar-refractivity contribution in [3.8, 4) is 0 Å². The summed E-state index contributed by atoms with van der Waals surface area (Å²) in [6.07, 6.45) is -0.683. The summed E-state index contributed by atoms with van der Waals surface area (Å²) in [5, 5.41) is 23.4. The van der Waals surface area contributed by atoms with E-state index in [0.29, 0.717) is 6.54 Å². The fourth-order valence-corrected chi connectivity index (χ4v) is 0.778. The largest absolute Gasteiger partial charge is 0.394 e. The topological polar surface area (TPSA) is 64.5 Å². The van der Waals surface area contributed by atoms with Gasteiger partial charge in [-0.1, -0.05) is 0 Å². The number of nitrogens with one attached hydrogen (secondary N) is 2. The van der Waals surface area contributed by atoms with Crippen LogP contribution in [0.5, 0.6) is 0 Å². The lowest BCUT2D eigenvalue weighted by Crippen LogP contribution is -2.46. The summed E-state index contributed by atoms with van der Waals surface area (Å²) in [4.78, 5) is 0. The summed E-state index contributed by atoms with van der Waals surface area (Å²) in [5.74, 6) is 0. The Hall–Kier alpha value is -0.160. The second kappa shape index (κ2) is 5.61. The molecule has 0 aromatic rings. The number of aliphatic hydroxyl groups excluding tert-OH is 2. The van der Waals surface area contributed by atoms with Crippen LogP contribution >= 0.6 is 0 Å². The van der Waals surface area contributed by atoms with E-state index in [1.54, 1.807) is 14.1 Å². The molecule has 0 saturated heterocycles. The maximum absolute atomic E-state index is 9.10. The Labute approximate surface area is 61.3 Å². The zero-order chi connectivity index (χ0) is 7.98. The van der Waals surface area contributed by atoms with Crippen LogP contribution in [0.4, 0.5) is 0 Å². The molecule has 10 heavy (non-hydrogen) atoms. The van der Waals surface area contributed by atoms with Crippen LogP contribution in [0, 0.1) is 0 Å². The first-order valence-electron chi connectivity index (χ1n) is 3.37. The van der Waals surface area contributed by atoms with Gasteiger partial charge in [0.05, 0.1) is 12.7 Å². The third-order valence-corrected chi connectivity index (χ3v) is 1.45. The summed E-state index contributed by atoms with van der Waals surface area (Å²) in [7, 11) is 3.55. The predicted octanol–water partition coefficient (Wildman–Crippen LogP) is -1.85. The van der Waals surface area contributed by atoms with Crippen molar-refractivity contribution in [2.45, 2.75) is 12.1 Å². The number of hydrogen-bond donors (Lipinski definition) is 4. The zero-order valence-electron chi connectivity index (χ0n) is 6.46. The minimum Gasteiger partial charge on any atom is -0.394 e. The molecule has 4 N–H and O–H groups in total. The maximum atomic E-state index is 9.10. The third-order valence-electron chi connectivity index (χ3n) is 1.45. The Balaban J connectivity index is 3.56. The van der Waals surface area contributed by atoms with E-state index in [1.165, 1.54) is 0 Å². The zero-order valence-corrected chi connectivity index (χ0v) is 6.46. The Kier molecular flexibility index (Phi) is 5.52. The molecule has 62 valence electrons. The molecule has 0 heterocycles. The average molecular weight is 148 g/mol. The van der Waals surface area contributed by atoms with E-state index in [-0.39, 0.29) is 12.6 Å². The molecule has 0 aliphatic rings. The van der Waals surface area contributed by atoms with Gasteiger partial charge in [0.2, 0.25) is 0 Å². The molecule has 0 radical (unpaired) electrons. The monoisotopic (exact) mass is 148 g/mol. The van der Waals surface area contributed by atoms with Gasteiger partial charge >= 0.3 is 0 Å². The van der Waals surface area contributed by atoms with Gasteiger partial charge in [0.1, 0.15) is 0 Å². The summed E-state index contributed by atoms with van der Waals surface area (Å²) >= 11 is 0. The van der Waals surface area contributed by atoms with Crippen molar-refractivity contribution < 1.29 is 10.2 Å². The van der Waals surface area contributed by atoms with Gasteiger partial charge in [0.15, 0.2) is 0 Å². The van der Waals surface area contributed by atoms with Crippen molar-refractivity contribution >= 4 is 0 Å². The minimum absolute atomic E-state index is 0.0741. The highest BCUT2D eigenvalue weighted by Crippen LogP contribution is 1.89. The first-order valence-corrected chi connectivity index (χ1v) is 3.37. The number of aliphatic hydroxyl groups is 2. The molecule has 0 bridgehead atoms. The molecular formula is C6H16N2O2. The van der Waals surface area contributed by atoms with E-state index in [4.69, 9.17) is 10.2 Å². The second-order valence-corrected chi connectivity index (χ2v) is 2.20. The van der Waals surface area contributed by atoms with Gasteiger partial charge in [-0.25, -0.2) is 0 Å². The van der Waals surface area contributed by atoms with E-state index in [9.17, 15) is 0 Å². The van der Waals surface area contributed by atoms with Gasteiger partial charge < -0.3 is 20.8 Å². The van der Waals surface area contributed by atoms with Crippen LogP contribution < -0.4 is 10.6 Å². The molecule has 2 atom stereocenters. The maximum Gasteiger partial charge on any atom is 0.0935 e. The average Bonchev–Trinajstić information content (AvgIpc) is 1.99. The molecule has 0 amide bonds. The van der Waals surface area contributed by atoms with Crippen molar-refractivity contribution in [3.05, 3.63) is 0 Å². The van der Waals surface area contributed by atoms with Gasteiger partial charge in [-0.15, -0.1) is 0 Å². The fourth-order valence-electron chi connectivity index (χ4n) is 0.778. The van der Waals surface area contributed by atoms with E-state index < -0.39 is 6.10 Å². The highest BCUT2D eigenvalue weighted by atomic mass is 16.3. The molecule has 0 fully saturated rings. The summed E-state index contributed by atoms with van der Waals surface area (Å²) in [5.41, 5.74) is 0. The van der Waals surface area contributed by atoms with E-state index >= 15 is 0 Å². The smallest absolute Gasteiger partial charge is 0.0935 e. The predicted molar refractivity (Wildman–Crippen MR) is 39.9 cm³/mol. The number of hydrogen-bond acceptors (Lipinski definition) is 4. The van der Waals surface area contributed by atoms with Gasteiger partial charge in [0, 0.05) is 12.6 Å². The third kappa shape index (κ3) is 3.12. The molecule has 4 nitrogen and oxygen atoms in total. The Morgan fingerprint density at radius 2 is 2.00 bits per heavy atom. The molecule has 0 saturated carbocycles. The normalized spacial score (nSPS) is 16.8. The van der Waals surface area contributed by atoms with Crippen molar-refractivity contribution in [2.75, 3.05) is 27.2 Å². The lowest BCUT2D eigenvalue weighted by atomic mass is 10.2. The summed E-state index contributed by atoms with van der Waals surface area (Å²) < 4.78 is 0. The molecule has 0 rings (SSSR count). The van der Waals surface area contributed by atoms with Crippen LogP contribution in [0.15, 0.2) is 0 Å². The van der Waals surface area contributed by atoms with E-state index in [0.717, 1.165) is 0 Å². The first kappa shape index (κ1) is 9.84. The van der Waals surface area contributed by atoms with Crippen LogP contribution in [0.25, 0.3) is 0 Å². The van der Waals surface area contributed by atoms with Crippen molar-refractivity contribution in [1.82, 2.24) is 10.6 Å². The second-order valence-electron chi connectivity index (χ2n) is 2.20. The molecular weight excluding hydrogens is 132 g/mol. The molecule has 0 aliphatic carbocycles. The highest BCUT2D eigenvalue weighted by molar-refractivity contribution is 4.74. The van der Waals surface area contributed by atoms with Crippen LogP contribution in [0.2, 0.25) is 0 Å². The van der Waals surface area contributed by atoms with Gasteiger partial charge in [0.25, 0.3) is 0 Å². The number of rotatable bonds is 5. The Morgan fingerprint density at radius 1 is 1.40 bits per heavy atom. The standard InChI is InChI=1S/C6H16N2O2/c1-7-3-5(8-2)6(10)4-9/h5-10H,3-4H2,1-2H3/t5-,6+/m1/s1. The molecule has 0 aliphatic heterocycles. The number of likely N-dealkylation sites (N-methyl/N-ethyl adjacent to an activating group) is 2. The lowest BCUT2D eigenvalue weighted by Gasteiger charge is -2.19. The van der Waals surface area contributed by atoms with Crippen molar-refractivity contribution in [3.63, 3.8) is 0 Å². The van der Waals surface area contributed by atoms with Crippen molar-refractivity contribution in [1.29, 1.82) is 0 Å². The summed E-state index contributed by atoms with van der Waals surface area (Å²) in [6, 6.07) is -0.0741. The minimum atomic E-state index is -0.683. The van der Waals surface area contributed by atoms with Gasteiger partial charge in [-0.05, 0) is 14.1 Å².